The molecule has 0 saturated carbocycles. The number of nitrogens with one attached hydrogen (secondary N) is 2. The molecule has 98 valence electrons. The lowest BCUT2D eigenvalue weighted by Gasteiger charge is -2.14. The van der Waals surface area contributed by atoms with Crippen LogP contribution in [-0.4, -0.2) is 16.0 Å². The molecule has 2 aromatic rings. The molecule has 0 aliphatic carbocycles. The van der Waals surface area contributed by atoms with Crippen molar-refractivity contribution in [1.29, 1.82) is 0 Å². The molecule has 0 radical (unpaired) electrons. The molecule has 1 atom stereocenters. The first-order valence-electron chi connectivity index (χ1n) is 6.92. The van der Waals surface area contributed by atoms with Gasteiger partial charge in [0.25, 0.3) is 0 Å². The molecule has 2 N–H and O–H groups in total. The minimum Gasteiger partial charge on any atom is -0.383 e. The molecule has 2 rings (SSSR count). The molecule has 0 amide bonds. The fourth-order valence-electron chi connectivity index (χ4n) is 2.28. The fourth-order valence-corrected chi connectivity index (χ4v) is 2.28. The Hall–Kier alpha value is -1.51. The minimum absolute atomic E-state index is 0.526. The number of unbranched alkanes of at least 4 members (excludes halogenated alkanes) is 2. The fraction of sp³-hybridized carbons (Fsp3) is 0.533. The third kappa shape index (κ3) is 3.25. The number of hydrogen-bond acceptors (Lipinski definition) is 2. The zero-order valence-electron chi connectivity index (χ0n) is 11.6. The highest BCUT2D eigenvalue weighted by atomic mass is 14.9. The third-order valence-electron chi connectivity index (χ3n) is 3.25. The average molecular weight is 245 g/mol. The Bertz CT molecular complexity index is 501. The van der Waals surface area contributed by atoms with E-state index in [1.54, 1.807) is 0 Å². The zero-order chi connectivity index (χ0) is 13.0. The third-order valence-corrected chi connectivity index (χ3v) is 3.25. The average Bonchev–Trinajstić information content (AvgIpc) is 2.69. The van der Waals surface area contributed by atoms with Crippen molar-refractivity contribution in [3.63, 3.8) is 0 Å². The van der Waals surface area contributed by atoms with E-state index in [0.29, 0.717) is 6.04 Å². The number of anilines is 1. The van der Waals surface area contributed by atoms with E-state index in [0.717, 1.165) is 16.9 Å². The van der Waals surface area contributed by atoms with Crippen molar-refractivity contribution in [1.82, 2.24) is 9.97 Å². The van der Waals surface area contributed by atoms with Gasteiger partial charge in [0.15, 0.2) is 0 Å². The van der Waals surface area contributed by atoms with E-state index >= 15 is 0 Å². The van der Waals surface area contributed by atoms with Gasteiger partial charge in [-0.2, -0.15) is 0 Å². The van der Waals surface area contributed by atoms with Gasteiger partial charge in [0.05, 0.1) is 11.0 Å². The quantitative estimate of drug-likeness (QED) is 0.747. The van der Waals surface area contributed by atoms with Gasteiger partial charge in [-0.1, -0.05) is 26.2 Å². The topological polar surface area (TPSA) is 40.7 Å². The Labute approximate surface area is 109 Å². The highest BCUT2D eigenvalue weighted by Gasteiger charge is 2.04. The molecule has 0 bridgehead atoms. The van der Waals surface area contributed by atoms with E-state index < -0.39 is 0 Å². The molecule has 1 aromatic carbocycles. The maximum Gasteiger partial charge on any atom is 0.104 e. The molecule has 0 saturated heterocycles. The summed E-state index contributed by atoms with van der Waals surface area (Å²) in [4.78, 5) is 7.68. The zero-order valence-corrected chi connectivity index (χ0v) is 11.6. The number of H-pyrrole nitrogens is 1. The van der Waals surface area contributed by atoms with Crippen LogP contribution < -0.4 is 5.32 Å². The first-order valence-corrected chi connectivity index (χ1v) is 6.92. The SMILES string of the molecule is CCCCCC(C)Nc1ccc2nc(C)[nH]c2c1. The summed E-state index contributed by atoms with van der Waals surface area (Å²) in [5, 5.41) is 3.55. The summed E-state index contributed by atoms with van der Waals surface area (Å²) in [7, 11) is 0. The monoisotopic (exact) mass is 245 g/mol. The number of aromatic nitrogens is 2. The van der Waals surface area contributed by atoms with Gasteiger partial charge in [-0.05, 0) is 38.5 Å². The van der Waals surface area contributed by atoms with Crippen molar-refractivity contribution >= 4 is 16.7 Å². The second-order valence-electron chi connectivity index (χ2n) is 5.10. The van der Waals surface area contributed by atoms with Crippen LogP contribution in [0.4, 0.5) is 5.69 Å². The van der Waals surface area contributed by atoms with Crippen LogP contribution in [0, 0.1) is 6.92 Å². The van der Waals surface area contributed by atoms with Crippen LogP contribution >= 0.6 is 0 Å². The number of rotatable bonds is 6. The lowest BCUT2D eigenvalue weighted by Crippen LogP contribution is -2.14. The van der Waals surface area contributed by atoms with Crippen molar-refractivity contribution in [3.8, 4) is 0 Å². The molecule has 0 aliphatic heterocycles. The van der Waals surface area contributed by atoms with E-state index in [1.807, 2.05) is 6.92 Å². The summed E-state index contributed by atoms with van der Waals surface area (Å²) >= 11 is 0. The molecular formula is C15H23N3. The van der Waals surface area contributed by atoms with Gasteiger partial charge in [0.2, 0.25) is 0 Å². The van der Waals surface area contributed by atoms with Crippen LogP contribution in [0.1, 0.15) is 45.4 Å². The number of aryl methyl sites for hydroxylation is 1. The van der Waals surface area contributed by atoms with E-state index in [-0.39, 0.29) is 0 Å². The summed E-state index contributed by atoms with van der Waals surface area (Å²) in [6.07, 6.45) is 5.14. The van der Waals surface area contributed by atoms with Gasteiger partial charge in [0.1, 0.15) is 5.82 Å². The van der Waals surface area contributed by atoms with Crippen LogP contribution in [0.5, 0.6) is 0 Å². The summed E-state index contributed by atoms with van der Waals surface area (Å²) in [6.45, 7) is 6.48. The van der Waals surface area contributed by atoms with E-state index in [4.69, 9.17) is 0 Å². The van der Waals surface area contributed by atoms with Gasteiger partial charge in [-0.3, -0.25) is 0 Å². The van der Waals surface area contributed by atoms with Crippen molar-refractivity contribution in [2.45, 2.75) is 52.5 Å². The standard InChI is InChI=1S/C15H23N3/c1-4-5-6-7-11(2)16-13-8-9-14-15(10-13)18-12(3)17-14/h8-11,16H,4-7H2,1-3H3,(H,17,18). The molecule has 1 heterocycles. The second kappa shape index (κ2) is 5.89. The van der Waals surface area contributed by atoms with Crippen molar-refractivity contribution in [2.24, 2.45) is 0 Å². The molecule has 0 aliphatic rings. The first kappa shape index (κ1) is 12.9. The highest BCUT2D eigenvalue weighted by molar-refractivity contribution is 5.79. The second-order valence-corrected chi connectivity index (χ2v) is 5.10. The smallest absolute Gasteiger partial charge is 0.104 e. The normalized spacial score (nSPS) is 12.8. The number of nitrogens with zero attached hydrogens (tertiary/aromatic N) is 1. The maximum absolute atomic E-state index is 4.41. The predicted octanol–water partition coefficient (Wildman–Crippen LogP) is 4.25. The Morgan fingerprint density at radius 1 is 1.33 bits per heavy atom. The predicted molar refractivity (Wildman–Crippen MR) is 78.1 cm³/mol. The lowest BCUT2D eigenvalue weighted by molar-refractivity contribution is 0.615. The van der Waals surface area contributed by atoms with Crippen molar-refractivity contribution in [3.05, 3.63) is 24.0 Å². The molecule has 3 nitrogen and oxygen atoms in total. The number of fused-ring (bicyclic) bond motifs is 1. The minimum atomic E-state index is 0.526. The van der Waals surface area contributed by atoms with Gasteiger partial charge in [0, 0.05) is 11.7 Å². The Morgan fingerprint density at radius 3 is 2.94 bits per heavy atom. The van der Waals surface area contributed by atoms with Crippen molar-refractivity contribution < 1.29 is 0 Å². The Morgan fingerprint density at radius 2 is 2.17 bits per heavy atom. The van der Waals surface area contributed by atoms with E-state index in [9.17, 15) is 0 Å². The number of imidazole rings is 1. The van der Waals surface area contributed by atoms with Gasteiger partial charge < -0.3 is 10.3 Å². The van der Waals surface area contributed by atoms with Crippen LogP contribution in [0.2, 0.25) is 0 Å². The molecule has 3 heteroatoms. The number of aromatic amines is 1. The Balaban J connectivity index is 1.98. The summed E-state index contributed by atoms with van der Waals surface area (Å²) < 4.78 is 0. The van der Waals surface area contributed by atoms with Crippen LogP contribution in [-0.2, 0) is 0 Å². The molecule has 1 unspecified atom stereocenters. The molecule has 0 spiro atoms. The Kier molecular flexibility index (Phi) is 4.24. The molecule has 18 heavy (non-hydrogen) atoms. The summed E-state index contributed by atoms with van der Waals surface area (Å²) in [5.41, 5.74) is 3.32. The van der Waals surface area contributed by atoms with Crippen LogP contribution in [0.25, 0.3) is 11.0 Å². The molecule has 1 aromatic heterocycles. The summed E-state index contributed by atoms with van der Waals surface area (Å²) in [6, 6.07) is 6.85. The molecular weight excluding hydrogens is 222 g/mol. The van der Waals surface area contributed by atoms with Gasteiger partial charge in [-0.15, -0.1) is 0 Å². The largest absolute Gasteiger partial charge is 0.383 e. The highest BCUT2D eigenvalue weighted by Crippen LogP contribution is 2.18. The van der Waals surface area contributed by atoms with Crippen LogP contribution in [0.3, 0.4) is 0 Å². The van der Waals surface area contributed by atoms with Crippen molar-refractivity contribution in [2.75, 3.05) is 5.32 Å². The van der Waals surface area contributed by atoms with E-state index in [1.165, 1.54) is 31.4 Å². The van der Waals surface area contributed by atoms with Crippen LogP contribution in [0.15, 0.2) is 18.2 Å². The number of hydrogen-bond donors (Lipinski definition) is 2. The van der Waals surface area contributed by atoms with E-state index in [2.05, 4.69) is 47.3 Å². The lowest BCUT2D eigenvalue weighted by atomic mass is 10.1. The van der Waals surface area contributed by atoms with Gasteiger partial charge in [-0.25, -0.2) is 4.98 Å². The van der Waals surface area contributed by atoms with Gasteiger partial charge >= 0.3 is 0 Å². The maximum atomic E-state index is 4.41. The molecule has 0 fully saturated rings. The number of benzene rings is 1. The summed E-state index contributed by atoms with van der Waals surface area (Å²) in [5.74, 6) is 0.971. The first-order chi connectivity index (χ1) is 8.69.